The van der Waals surface area contributed by atoms with E-state index in [4.69, 9.17) is 5.73 Å². The van der Waals surface area contributed by atoms with Crippen LogP contribution >= 0.6 is 0 Å². The first-order valence-electron chi connectivity index (χ1n) is 7.58. The molecule has 3 rings (SSSR count). The summed E-state index contributed by atoms with van der Waals surface area (Å²) in [5, 5.41) is 3.57. The molecule has 1 saturated heterocycles. The van der Waals surface area contributed by atoms with Crippen LogP contribution in [-0.4, -0.2) is 36.0 Å². The van der Waals surface area contributed by atoms with Crippen LogP contribution in [0.25, 0.3) is 0 Å². The standard InChI is InChI=1S/C16H23N3O/c17-16(20)13-4-1-3-12(9-13)10-19(15-6-7-15)11-14-5-2-8-18-14/h1,3-4,9,14-15,18H,2,5-8,10-11H2,(H2,17,20)/t14-/m1/s1. The second kappa shape index (κ2) is 5.94. The maximum Gasteiger partial charge on any atom is 0.248 e. The molecule has 1 heterocycles. The number of carbonyl (C=O) groups excluding carboxylic acids is 1. The number of hydrogen-bond donors (Lipinski definition) is 2. The number of amides is 1. The molecule has 1 saturated carbocycles. The van der Waals surface area contributed by atoms with Gasteiger partial charge in [0.15, 0.2) is 0 Å². The molecule has 2 aliphatic rings. The van der Waals surface area contributed by atoms with Crippen molar-refractivity contribution in [2.45, 2.75) is 44.3 Å². The largest absolute Gasteiger partial charge is 0.366 e. The lowest BCUT2D eigenvalue weighted by atomic mass is 10.1. The van der Waals surface area contributed by atoms with Crippen LogP contribution in [0.1, 0.15) is 41.6 Å². The summed E-state index contributed by atoms with van der Waals surface area (Å²) in [7, 11) is 0. The van der Waals surface area contributed by atoms with Gasteiger partial charge in [-0.1, -0.05) is 12.1 Å². The van der Waals surface area contributed by atoms with Crippen LogP contribution in [0, 0.1) is 0 Å². The lowest BCUT2D eigenvalue weighted by Crippen LogP contribution is -2.38. The maximum atomic E-state index is 11.3. The van der Waals surface area contributed by atoms with Crippen LogP contribution in [0.3, 0.4) is 0 Å². The van der Waals surface area contributed by atoms with E-state index >= 15 is 0 Å². The Bertz CT molecular complexity index is 478. The third-order valence-electron chi connectivity index (χ3n) is 4.28. The molecule has 2 fully saturated rings. The van der Waals surface area contributed by atoms with E-state index in [2.05, 4.69) is 16.3 Å². The fourth-order valence-electron chi connectivity index (χ4n) is 3.04. The molecule has 1 amide bonds. The Hall–Kier alpha value is -1.39. The number of nitrogens with two attached hydrogens (primary N) is 1. The molecule has 108 valence electrons. The number of benzene rings is 1. The fourth-order valence-corrected chi connectivity index (χ4v) is 3.04. The maximum absolute atomic E-state index is 11.3. The Morgan fingerprint density at radius 2 is 2.20 bits per heavy atom. The Kier molecular flexibility index (Phi) is 4.03. The van der Waals surface area contributed by atoms with E-state index in [1.54, 1.807) is 6.07 Å². The molecule has 1 aliphatic heterocycles. The van der Waals surface area contributed by atoms with Gasteiger partial charge in [-0.2, -0.15) is 0 Å². The highest BCUT2D eigenvalue weighted by Gasteiger charge is 2.31. The average molecular weight is 273 g/mol. The molecule has 0 spiro atoms. The molecule has 0 radical (unpaired) electrons. The van der Waals surface area contributed by atoms with Crippen molar-refractivity contribution in [1.29, 1.82) is 0 Å². The molecule has 1 aromatic rings. The van der Waals surface area contributed by atoms with Crippen molar-refractivity contribution in [3.8, 4) is 0 Å². The Balaban J connectivity index is 1.66. The van der Waals surface area contributed by atoms with Gasteiger partial charge in [-0.15, -0.1) is 0 Å². The van der Waals surface area contributed by atoms with Gasteiger partial charge in [-0.3, -0.25) is 9.69 Å². The Morgan fingerprint density at radius 3 is 2.85 bits per heavy atom. The quantitative estimate of drug-likeness (QED) is 0.826. The third kappa shape index (κ3) is 3.38. The van der Waals surface area contributed by atoms with E-state index in [0.29, 0.717) is 11.6 Å². The lowest BCUT2D eigenvalue weighted by Gasteiger charge is -2.25. The van der Waals surface area contributed by atoms with Gasteiger partial charge in [0.2, 0.25) is 5.91 Å². The molecule has 0 bridgehead atoms. The average Bonchev–Trinajstić information content (AvgIpc) is 3.17. The van der Waals surface area contributed by atoms with Crippen molar-refractivity contribution in [3.05, 3.63) is 35.4 Å². The fraction of sp³-hybridized carbons (Fsp3) is 0.562. The predicted molar refractivity (Wildman–Crippen MR) is 79.4 cm³/mol. The van der Waals surface area contributed by atoms with Gasteiger partial charge in [-0.25, -0.2) is 0 Å². The van der Waals surface area contributed by atoms with Gasteiger partial charge in [0.05, 0.1) is 0 Å². The highest BCUT2D eigenvalue weighted by Crippen LogP contribution is 2.29. The van der Waals surface area contributed by atoms with Crippen LogP contribution in [0.2, 0.25) is 0 Å². The molecule has 0 aromatic heterocycles. The first kappa shape index (κ1) is 13.6. The molecule has 1 aromatic carbocycles. The van der Waals surface area contributed by atoms with Gasteiger partial charge < -0.3 is 11.1 Å². The van der Waals surface area contributed by atoms with Gasteiger partial charge in [0.1, 0.15) is 0 Å². The van der Waals surface area contributed by atoms with Crippen molar-refractivity contribution >= 4 is 5.91 Å². The van der Waals surface area contributed by atoms with Crippen molar-refractivity contribution in [2.75, 3.05) is 13.1 Å². The second-order valence-corrected chi connectivity index (χ2v) is 6.02. The first-order chi connectivity index (χ1) is 9.72. The van der Waals surface area contributed by atoms with Gasteiger partial charge in [0, 0.05) is 30.7 Å². The molecular weight excluding hydrogens is 250 g/mol. The summed E-state index contributed by atoms with van der Waals surface area (Å²) in [6, 6.07) is 9.09. The van der Waals surface area contributed by atoms with Crippen molar-refractivity contribution < 1.29 is 4.79 Å². The molecule has 0 unspecified atom stereocenters. The first-order valence-corrected chi connectivity index (χ1v) is 7.58. The number of primary amides is 1. The zero-order chi connectivity index (χ0) is 13.9. The highest BCUT2D eigenvalue weighted by atomic mass is 16.1. The Morgan fingerprint density at radius 1 is 1.35 bits per heavy atom. The monoisotopic (exact) mass is 273 g/mol. The summed E-state index contributed by atoms with van der Waals surface area (Å²) in [5.74, 6) is -0.345. The van der Waals surface area contributed by atoms with E-state index in [-0.39, 0.29) is 5.91 Å². The summed E-state index contributed by atoms with van der Waals surface area (Å²) < 4.78 is 0. The minimum absolute atomic E-state index is 0.345. The molecule has 4 heteroatoms. The molecule has 1 atom stereocenters. The van der Waals surface area contributed by atoms with Gasteiger partial charge >= 0.3 is 0 Å². The van der Waals surface area contributed by atoms with Crippen LogP contribution in [0.4, 0.5) is 0 Å². The molecule has 20 heavy (non-hydrogen) atoms. The van der Waals surface area contributed by atoms with Crippen LogP contribution in [-0.2, 0) is 6.54 Å². The third-order valence-corrected chi connectivity index (χ3v) is 4.28. The second-order valence-electron chi connectivity index (χ2n) is 6.02. The van der Waals surface area contributed by atoms with Crippen LogP contribution < -0.4 is 11.1 Å². The molecule has 3 N–H and O–H groups in total. The summed E-state index contributed by atoms with van der Waals surface area (Å²) in [6.07, 6.45) is 5.19. The number of nitrogens with zero attached hydrogens (tertiary/aromatic N) is 1. The zero-order valence-corrected chi connectivity index (χ0v) is 11.8. The number of nitrogens with one attached hydrogen (secondary N) is 1. The molecule has 1 aliphatic carbocycles. The predicted octanol–water partition coefficient (Wildman–Crippen LogP) is 1.50. The summed E-state index contributed by atoms with van der Waals surface area (Å²) >= 11 is 0. The zero-order valence-electron chi connectivity index (χ0n) is 11.8. The van der Waals surface area contributed by atoms with Gasteiger partial charge in [-0.05, 0) is 49.9 Å². The SMILES string of the molecule is NC(=O)c1cccc(CN(C[C@H]2CCCN2)C2CC2)c1. The van der Waals surface area contributed by atoms with E-state index in [9.17, 15) is 4.79 Å². The van der Waals surface area contributed by atoms with Crippen molar-refractivity contribution in [2.24, 2.45) is 5.73 Å². The van der Waals surface area contributed by atoms with E-state index in [1.807, 2.05) is 12.1 Å². The van der Waals surface area contributed by atoms with Crippen molar-refractivity contribution in [1.82, 2.24) is 10.2 Å². The molecular formula is C16H23N3O. The van der Waals surface area contributed by atoms with Crippen LogP contribution in [0.15, 0.2) is 24.3 Å². The molecule has 4 nitrogen and oxygen atoms in total. The smallest absolute Gasteiger partial charge is 0.248 e. The van der Waals surface area contributed by atoms with Gasteiger partial charge in [0.25, 0.3) is 0 Å². The minimum Gasteiger partial charge on any atom is -0.366 e. The van der Waals surface area contributed by atoms with Crippen molar-refractivity contribution in [3.63, 3.8) is 0 Å². The topological polar surface area (TPSA) is 58.4 Å². The number of carbonyl (C=O) groups is 1. The van der Waals surface area contributed by atoms with Crippen LogP contribution in [0.5, 0.6) is 0 Å². The Labute approximate surface area is 120 Å². The minimum atomic E-state index is -0.345. The number of rotatable bonds is 6. The normalized spacial score (nSPS) is 22.4. The summed E-state index contributed by atoms with van der Waals surface area (Å²) in [4.78, 5) is 13.8. The number of hydrogen-bond acceptors (Lipinski definition) is 3. The lowest BCUT2D eigenvalue weighted by molar-refractivity contribution is 0.1000. The summed E-state index contributed by atoms with van der Waals surface area (Å²) in [6.45, 7) is 3.19. The highest BCUT2D eigenvalue weighted by molar-refractivity contribution is 5.92. The van der Waals surface area contributed by atoms with E-state index < -0.39 is 0 Å². The summed E-state index contributed by atoms with van der Waals surface area (Å²) in [5.41, 5.74) is 7.15. The van der Waals surface area contributed by atoms with E-state index in [1.165, 1.54) is 31.2 Å². The van der Waals surface area contributed by atoms with E-state index in [0.717, 1.165) is 25.7 Å².